The molecule has 0 saturated carbocycles. The van der Waals surface area contributed by atoms with Gasteiger partial charge in [0.05, 0.1) is 24.9 Å². The van der Waals surface area contributed by atoms with Gasteiger partial charge in [-0.2, -0.15) is 4.98 Å². The molecule has 72 valence electrons. The number of halogens is 1. The Kier molecular flexibility index (Phi) is 3.58. The lowest BCUT2D eigenvalue weighted by Gasteiger charge is -2.09. The molecule has 4 nitrogen and oxygen atoms in total. The van der Waals surface area contributed by atoms with Crippen LogP contribution in [0.1, 0.15) is 0 Å². The molecule has 0 aliphatic carbocycles. The Morgan fingerprint density at radius 2 is 1.85 bits per heavy atom. The van der Waals surface area contributed by atoms with E-state index >= 15 is 0 Å². The van der Waals surface area contributed by atoms with Crippen LogP contribution in [0.25, 0.3) is 0 Å². The van der Waals surface area contributed by atoms with Crippen LogP contribution >= 0.6 is 22.6 Å². The van der Waals surface area contributed by atoms with Gasteiger partial charge in [0.15, 0.2) is 5.75 Å². The quantitative estimate of drug-likeness (QED) is 0.796. The molecule has 0 saturated heterocycles. The zero-order chi connectivity index (χ0) is 9.84. The van der Waals surface area contributed by atoms with Crippen LogP contribution in [-0.2, 0) is 0 Å². The first-order valence-corrected chi connectivity index (χ1v) is 4.63. The monoisotopic (exact) mass is 295 g/mol. The van der Waals surface area contributed by atoms with Crippen LogP contribution in [0, 0.1) is 3.57 Å². The SMILES string of the molecule is COc1cc(I)c(OC)c(OC)n1. The number of methoxy groups -OCH3 is 3. The standard InChI is InChI=1S/C8H10INO3/c1-11-6-4-5(9)7(12-2)8(10-6)13-3/h4H,1-3H3. The predicted octanol–water partition coefficient (Wildman–Crippen LogP) is 1.71. The van der Waals surface area contributed by atoms with Crippen molar-refractivity contribution in [1.29, 1.82) is 0 Å². The summed E-state index contributed by atoms with van der Waals surface area (Å²) in [5, 5.41) is 0. The van der Waals surface area contributed by atoms with E-state index in [-0.39, 0.29) is 0 Å². The molecule has 0 radical (unpaired) electrons. The highest BCUT2D eigenvalue weighted by Crippen LogP contribution is 2.32. The third kappa shape index (κ3) is 2.15. The largest absolute Gasteiger partial charge is 0.490 e. The maximum atomic E-state index is 5.12. The topological polar surface area (TPSA) is 40.6 Å². The Labute approximate surface area is 90.3 Å². The van der Waals surface area contributed by atoms with E-state index in [1.165, 1.54) is 0 Å². The molecular formula is C8H10INO3. The Bertz CT molecular complexity index is 304. The molecular weight excluding hydrogens is 285 g/mol. The molecule has 0 N–H and O–H groups in total. The van der Waals surface area contributed by atoms with Gasteiger partial charge in [0.25, 0.3) is 5.88 Å². The summed E-state index contributed by atoms with van der Waals surface area (Å²) in [4.78, 5) is 4.07. The molecule has 0 atom stereocenters. The summed E-state index contributed by atoms with van der Waals surface area (Å²) < 4.78 is 16.0. The van der Waals surface area contributed by atoms with E-state index in [0.717, 1.165) is 3.57 Å². The van der Waals surface area contributed by atoms with Gasteiger partial charge in [-0.15, -0.1) is 0 Å². The van der Waals surface area contributed by atoms with Crippen molar-refractivity contribution in [2.24, 2.45) is 0 Å². The van der Waals surface area contributed by atoms with Crippen LogP contribution < -0.4 is 14.2 Å². The van der Waals surface area contributed by atoms with Crippen molar-refractivity contribution >= 4 is 22.6 Å². The molecule has 1 aromatic rings. The molecule has 0 unspecified atom stereocenters. The summed E-state index contributed by atoms with van der Waals surface area (Å²) in [6.45, 7) is 0. The third-order valence-electron chi connectivity index (χ3n) is 1.48. The number of aromatic nitrogens is 1. The Balaban J connectivity index is 3.20. The summed E-state index contributed by atoms with van der Waals surface area (Å²) in [6.07, 6.45) is 0. The van der Waals surface area contributed by atoms with Crippen molar-refractivity contribution in [3.63, 3.8) is 0 Å². The lowest BCUT2D eigenvalue weighted by molar-refractivity contribution is 0.327. The number of hydrogen-bond acceptors (Lipinski definition) is 4. The minimum atomic E-state index is 0.436. The van der Waals surface area contributed by atoms with Crippen LogP contribution in [0.15, 0.2) is 6.07 Å². The second-order valence-corrected chi connectivity index (χ2v) is 3.35. The van der Waals surface area contributed by atoms with Gasteiger partial charge >= 0.3 is 0 Å². The average Bonchev–Trinajstić information content (AvgIpc) is 2.16. The third-order valence-corrected chi connectivity index (χ3v) is 2.28. The van der Waals surface area contributed by atoms with Crippen LogP contribution in [0.2, 0.25) is 0 Å². The molecule has 0 bridgehead atoms. The highest BCUT2D eigenvalue weighted by atomic mass is 127. The fourth-order valence-electron chi connectivity index (χ4n) is 0.887. The van der Waals surface area contributed by atoms with Crippen molar-refractivity contribution in [3.05, 3.63) is 9.64 Å². The van der Waals surface area contributed by atoms with E-state index in [2.05, 4.69) is 27.6 Å². The minimum absolute atomic E-state index is 0.436. The summed E-state index contributed by atoms with van der Waals surface area (Å²) in [5.41, 5.74) is 0. The van der Waals surface area contributed by atoms with Crippen LogP contribution in [0.3, 0.4) is 0 Å². The lowest BCUT2D eigenvalue weighted by Crippen LogP contribution is -1.98. The molecule has 5 heteroatoms. The molecule has 0 aliphatic rings. The van der Waals surface area contributed by atoms with E-state index in [0.29, 0.717) is 17.5 Å². The first kappa shape index (κ1) is 10.4. The maximum Gasteiger partial charge on any atom is 0.261 e. The molecule has 1 aromatic heterocycles. The van der Waals surface area contributed by atoms with Gasteiger partial charge in [0.1, 0.15) is 0 Å². The highest BCUT2D eigenvalue weighted by molar-refractivity contribution is 14.1. The van der Waals surface area contributed by atoms with Gasteiger partial charge in [-0.1, -0.05) is 0 Å². The van der Waals surface area contributed by atoms with E-state index in [4.69, 9.17) is 14.2 Å². The van der Waals surface area contributed by atoms with Gasteiger partial charge in [-0.3, -0.25) is 0 Å². The molecule has 0 aliphatic heterocycles. The number of ether oxygens (including phenoxy) is 3. The van der Waals surface area contributed by atoms with E-state index in [1.54, 1.807) is 27.4 Å². The Morgan fingerprint density at radius 3 is 2.31 bits per heavy atom. The number of pyridine rings is 1. The molecule has 0 aromatic carbocycles. The zero-order valence-electron chi connectivity index (χ0n) is 7.63. The first-order valence-electron chi connectivity index (χ1n) is 3.55. The second-order valence-electron chi connectivity index (χ2n) is 2.19. The van der Waals surface area contributed by atoms with Gasteiger partial charge in [0, 0.05) is 6.07 Å². The number of rotatable bonds is 3. The normalized spacial score (nSPS) is 9.54. The first-order chi connectivity index (χ1) is 6.22. The van der Waals surface area contributed by atoms with Gasteiger partial charge in [-0.25, -0.2) is 0 Å². The lowest BCUT2D eigenvalue weighted by atomic mass is 10.4. The Hall–Kier alpha value is -0.720. The fraction of sp³-hybridized carbons (Fsp3) is 0.375. The second kappa shape index (κ2) is 4.50. The fourth-order valence-corrected chi connectivity index (χ4v) is 1.60. The minimum Gasteiger partial charge on any atom is -0.490 e. The van der Waals surface area contributed by atoms with Crippen molar-refractivity contribution < 1.29 is 14.2 Å². The molecule has 0 fully saturated rings. The van der Waals surface area contributed by atoms with Gasteiger partial charge in [0.2, 0.25) is 5.88 Å². The van der Waals surface area contributed by atoms with Crippen molar-refractivity contribution in [2.75, 3.05) is 21.3 Å². The maximum absolute atomic E-state index is 5.12. The van der Waals surface area contributed by atoms with Crippen LogP contribution in [-0.4, -0.2) is 26.3 Å². The molecule has 0 spiro atoms. The van der Waals surface area contributed by atoms with Crippen LogP contribution in [0.4, 0.5) is 0 Å². The van der Waals surface area contributed by atoms with Crippen molar-refractivity contribution in [3.8, 4) is 17.5 Å². The van der Waals surface area contributed by atoms with Crippen molar-refractivity contribution in [2.45, 2.75) is 0 Å². The summed E-state index contributed by atoms with van der Waals surface area (Å²) in [6, 6.07) is 1.78. The highest BCUT2D eigenvalue weighted by Gasteiger charge is 2.11. The molecule has 1 heterocycles. The number of nitrogens with zero attached hydrogens (tertiary/aromatic N) is 1. The van der Waals surface area contributed by atoms with E-state index in [1.807, 2.05) is 0 Å². The van der Waals surface area contributed by atoms with Gasteiger partial charge in [-0.05, 0) is 22.6 Å². The van der Waals surface area contributed by atoms with Crippen LogP contribution in [0.5, 0.6) is 17.5 Å². The molecule has 0 amide bonds. The molecule has 13 heavy (non-hydrogen) atoms. The van der Waals surface area contributed by atoms with Gasteiger partial charge < -0.3 is 14.2 Å². The summed E-state index contributed by atoms with van der Waals surface area (Å²) >= 11 is 2.13. The summed E-state index contributed by atoms with van der Waals surface area (Å²) in [5.74, 6) is 1.58. The Morgan fingerprint density at radius 1 is 1.15 bits per heavy atom. The van der Waals surface area contributed by atoms with Crippen molar-refractivity contribution in [1.82, 2.24) is 4.98 Å². The number of hydrogen-bond donors (Lipinski definition) is 0. The predicted molar refractivity (Wildman–Crippen MR) is 56.6 cm³/mol. The van der Waals surface area contributed by atoms with E-state index < -0.39 is 0 Å². The summed E-state index contributed by atoms with van der Waals surface area (Å²) in [7, 11) is 4.68. The van der Waals surface area contributed by atoms with E-state index in [9.17, 15) is 0 Å². The molecule has 1 rings (SSSR count). The zero-order valence-corrected chi connectivity index (χ0v) is 9.78. The average molecular weight is 295 g/mol. The smallest absolute Gasteiger partial charge is 0.261 e.